The summed E-state index contributed by atoms with van der Waals surface area (Å²) in [5.41, 5.74) is 2.00. The highest BCUT2D eigenvalue weighted by atomic mass is 35.5. The van der Waals surface area contributed by atoms with Crippen LogP contribution in [-0.4, -0.2) is 31.8 Å². The second-order valence-electron chi connectivity index (χ2n) is 6.22. The van der Waals surface area contributed by atoms with Crippen molar-refractivity contribution in [3.8, 4) is 0 Å². The molecule has 2 aromatic carbocycles. The fourth-order valence-electron chi connectivity index (χ4n) is 2.81. The van der Waals surface area contributed by atoms with Gasteiger partial charge in [-0.25, -0.2) is 0 Å². The molecule has 148 valence electrons. The number of amidine groups is 1. The van der Waals surface area contributed by atoms with Crippen LogP contribution in [-0.2, 0) is 14.8 Å². The van der Waals surface area contributed by atoms with E-state index in [4.69, 9.17) is 11.6 Å². The smallest absolute Gasteiger partial charge is 0.286 e. The maximum absolute atomic E-state index is 12.5. The molecule has 1 aliphatic rings. The van der Waals surface area contributed by atoms with Crippen LogP contribution < -0.4 is 10.2 Å². The summed E-state index contributed by atoms with van der Waals surface area (Å²) in [6, 6.07) is 12.1. The molecule has 0 spiro atoms. The van der Waals surface area contributed by atoms with Crippen molar-refractivity contribution < 1.29 is 13.2 Å². The van der Waals surface area contributed by atoms with Crippen LogP contribution in [0.1, 0.15) is 18.9 Å². The van der Waals surface area contributed by atoms with E-state index in [1.54, 1.807) is 42.5 Å². The molecular formula is C19H20ClN3O3S2. The molecule has 3 rings (SSSR count). The Bertz CT molecular complexity index is 1040. The monoisotopic (exact) mass is 437 g/mol. The summed E-state index contributed by atoms with van der Waals surface area (Å²) in [5, 5.41) is 3.68. The van der Waals surface area contributed by atoms with Gasteiger partial charge < -0.3 is 10.2 Å². The van der Waals surface area contributed by atoms with Crippen LogP contribution in [0, 0.1) is 6.92 Å². The first-order valence-corrected chi connectivity index (χ1v) is 11.5. The lowest BCUT2D eigenvalue weighted by molar-refractivity contribution is -0.113. The zero-order chi connectivity index (χ0) is 20.3. The highest BCUT2D eigenvalue weighted by Crippen LogP contribution is 2.34. The maximum Gasteiger partial charge on any atom is 0.286 e. The van der Waals surface area contributed by atoms with Crippen molar-refractivity contribution in [2.75, 3.05) is 22.5 Å². The SMILES string of the molecule is CCCN1C(SCC(=O)Nc2cccc(Cl)c2C)=NS(=O)(=O)c2ccccc21. The molecule has 6 nitrogen and oxygen atoms in total. The molecule has 0 unspecified atom stereocenters. The van der Waals surface area contributed by atoms with Crippen LogP contribution in [0.3, 0.4) is 0 Å². The van der Waals surface area contributed by atoms with Crippen molar-refractivity contribution in [2.24, 2.45) is 4.40 Å². The Hall–Kier alpha value is -2.03. The summed E-state index contributed by atoms with van der Waals surface area (Å²) in [6.07, 6.45) is 0.807. The summed E-state index contributed by atoms with van der Waals surface area (Å²) in [7, 11) is -3.79. The number of sulfonamides is 1. The van der Waals surface area contributed by atoms with Gasteiger partial charge in [0.05, 0.1) is 11.4 Å². The van der Waals surface area contributed by atoms with Gasteiger partial charge in [0.1, 0.15) is 4.90 Å². The fourth-order valence-corrected chi connectivity index (χ4v) is 5.26. The zero-order valence-electron chi connectivity index (χ0n) is 15.5. The Morgan fingerprint density at radius 2 is 1.96 bits per heavy atom. The predicted octanol–water partition coefficient (Wildman–Crippen LogP) is 4.30. The number of anilines is 2. The predicted molar refractivity (Wildman–Crippen MR) is 116 cm³/mol. The molecule has 9 heteroatoms. The highest BCUT2D eigenvalue weighted by molar-refractivity contribution is 8.15. The second-order valence-corrected chi connectivity index (χ2v) is 9.14. The Kier molecular flexibility index (Phi) is 6.32. The van der Waals surface area contributed by atoms with Gasteiger partial charge in [-0.15, -0.1) is 4.40 Å². The molecule has 0 saturated carbocycles. The first kappa shape index (κ1) is 20.7. The lowest BCUT2D eigenvalue weighted by Crippen LogP contribution is -2.35. The Labute approximate surface area is 174 Å². The van der Waals surface area contributed by atoms with Crippen molar-refractivity contribution >= 4 is 55.8 Å². The Morgan fingerprint density at radius 1 is 1.21 bits per heavy atom. The number of para-hydroxylation sites is 1. The third-order valence-electron chi connectivity index (χ3n) is 4.18. The lowest BCUT2D eigenvalue weighted by atomic mass is 10.2. The number of thioether (sulfide) groups is 1. The first-order chi connectivity index (χ1) is 13.3. The van der Waals surface area contributed by atoms with Crippen LogP contribution in [0.2, 0.25) is 5.02 Å². The fraction of sp³-hybridized carbons (Fsp3) is 0.263. The van der Waals surface area contributed by atoms with E-state index in [0.717, 1.165) is 23.7 Å². The third kappa shape index (κ3) is 4.34. The van der Waals surface area contributed by atoms with E-state index in [9.17, 15) is 13.2 Å². The van der Waals surface area contributed by atoms with E-state index in [0.29, 0.717) is 28.1 Å². The number of rotatable bonds is 5. The molecule has 1 heterocycles. The molecule has 0 bridgehead atoms. The quantitative estimate of drug-likeness (QED) is 0.754. The number of fused-ring (bicyclic) bond motifs is 1. The standard InChI is InChI=1S/C19H20ClN3O3S2/c1-3-11-23-16-9-4-5-10-17(16)28(25,26)22-19(23)27-12-18(24)21-15-8-6-7-14(20)13(15)2/h4-10H,3,11-12H2,1-2H3,(H,21,24). The molecule has 0 aliphatic carbocycles. The van der Waals surface area contributed by atoms with E-state index in [1.165, 1.54) is 0 Å². The number of hydrogen-bond acceptors (Lipinski definition) is 5. The number of hydrogen-bond donors (Lipinski definition) is 1. The minimum absolute atomic E-state index is 0.0304. The Balaban J connectivity index is 1.78. The number of halogens is 1. The van der Waals surface area contributed by atoms with E-state index >= 15 is 0 Å². The molecule has 0 radical (unpaired) electrons. The van der Waals surface area contributed by atoms with Crippen LogP contribution >= 0.6 is 23.4 Å². The number of amides is 1. The number of carbonyl (C=O) groups is 1. The summed E-state index contributed by atoms with van der Waals surface area (Å²) < 4.78 is 29.0. The van der Waals surface area contributed by atoms with Crippen LogP contribution in [0.25, 0.3) is 0 Å². The van der Waals surface area contributed by atoms with Gasteiger partial charge in [-0.05, 0) is 43.2 Å². The molecule has 1 N–H and O–H groups in total. The number of carbonyl (C=O) groups excluding carboxylic acids is 1. The van der Waals surface area contributed by atoms with Gasteiger partial charge in [-0.3, -0.25) is 4.79 Å². The molecule has 0 fully saturated rings. The van der Waals surface area contributed by atoms with Crippen molar-refractivity contribution in [1.82, 2.24) is 0 Å². The van der Waals surface area contributed by atoms with E-state index in [1.807, 2.05) is 18.7 Å². The Morgan fingerprint density at radius 3 is 2.71 bits per heavy atom. The van der Waals surface area contributed by atoms with E-state index in [-0.39, 0.29) is 16.6 Å². The summed E-state index contributed by atoms with van der Waals surface area (Å²) >= 11 is 7.18. The topological polar surface area (TPSA) is 78.8 Å². The minimum atomic E-state index is -3.79. The molecule has 2 aromatic rings. The summed E-state index contributed by atoms with van der Waals surface area (Å²) in [4.78, 5) is 14.4. The molecular weight excluding hydrogens is 418 g/mol. The number of nitrogens with one attached hydrogen (secondary N) is 1. The molecule has 1 aliphatic heterocycles. The zero-order valence-corrected chi connectivity index (χ0v) is 17.9. The van der Waals surface area contributed by atoms with Gasteiger partial charge >= 0.3 is 0 Å². The van der Waals surface area contributed by atoms with Crippen molar-refractivity contribution in [3.63, 3.8) is 0 Å². The normalized spacial score (nSPS) is 15.0. The first-order valence-electron chi connectivity index (χ1n) is 8.73. The highest BCUT2D eigenvalue weighted by Gasteiger charge is 2.30. The van der Waals surface area contributed by atoms with E-state index in [2.05, 4.69) is 9.71 Å². The average Bonchev–Trinajstić information content (AvgIpc) is 2.66. The third-order valence-corrected chi connectivity index (χ3v) is 7.00. The van der Waals surface area contributed by atoms with Gasteiger partial charge in [0.2, 0.25) is 5.91 Å². The van der Waals surface area contributed by atoms with Gasteiger partial charge in [-0.1, -0.05) is 48.5 Å². The molecule has 1 amide bonds. The van der Waals surface area contributed by atoms with Crippen LogP contribution in [0.15, 0.2) is 51.8 Å². The summed E-state index contributed by atoms with van der Waals surface area (Å²) in [6.45, 7) is 4.43. The van der Waals surface area contributed by atoms with Crippen molar-refractivity contribution in [3.05, 3.63) is 53.1 Å². The molecule has 28 heavy (non-hydrogen) atoms. The van der Waals surface area contributed by atoms with Gasteiger partial charge in [0.15, 0.2) is 5.17 Å². The minimum Gasteiger partial charge on any atom is -0.325 e. The lowest BCUT2D eigenvalue weighted by Gasteiger charge is -2.29. The number of nitrogens with zero attached hydrogens (tertiary/aromatic N) is 2. The van der Waals surface area contributed by atoms with E-state index < -0.39 is 10.0 Å². The van der Waals surface area contributed by atoms with Gasteiger partial charge in [0.25, 0.3) is 10.0 Å². The molecule has 0 saturated heterocycles. The van der Waals surface area contributed by atoms with Gasteiger partial charge in [0, 0.05) is 17.3 Å². The van der Waals surface area contributed by atoms with Crippen LogP contribution in [0.5, 0.6) is 0 Å². The average molecular weight is 438 g/mol. The van der Waals surface area contributed by atoms with Crippen molar-refractivity contribution in [1.29, 1.82) is 0 Å². The summed E-state index contributed by atoms with van der Waals surface area (Å²) in [5.74, 6) is -0.228. The van der Waals surface area contributed by atoms with Gasteiger partial charge in [-0.2, -0.15) is 8.42 Å². The van der Waals surface area contributed by atoms with Crippen LogP contribution in [0.4, 0.5) is 11.4 Å². The maximum atomic E-state index is 12.5. The number of benzene rings is 2. The largest absolute Gasteiger partial charge is 0.325 e. The van der Waals surface area contributed by atoms with Crippen molar-refractivity contribution in [2.45, 2.75) is 25.2 Å². The molecule has 0 atom stereocenters. The second kappa shape index (κ2) is 8.55. The molecule has 0 aromatic heterocycles.